The molecule has 4 heteroatoms. The zero-order valence-electron chi connectivity index (χ0n) is 11.4. The van der Waals surface area contributed by atoms with Gasteiger partial charge in [0.05, 0.1) is 24.9 Å². The maximum atomic E-state index is 12.5. The van der Waals surface area contributed by atoms with Crippen molar-refractivity contribution in [3.8, 4) is 0 Å². The van der Waals surface area contributed by atoms with Gasteiger partial charge >= 0.3 is 0 Å². The summed E-state index contributed by atoms with van der Waals surface area (Å²) in [5.41, 5.74) is 0. The largest absolute Gasteiger partial charge is 0.376 e. The molecule has 2 aliphatic heterocycles. The van der Waals surface area contributed by atoms with E-state index >= 15 is 0 Å². The van der Waals surface area contributed by atoms with Crippen molar-refractivity contribution in [2.45, 2.75) is 57.7 Å². The molecule has 1 amide bonds. The first-order chi connectivity index (χ1) is 8.72. The molecule has 4 unspecified atom stereocenters. The second kappa shape index (κ2) is 4.82. The van der Waals surface area contributed by atoms with E-state index in [9.17, 15) is 4.79 Å². The lowest BCUT2D eigenvalue weighted by Crippen LogP contribution is -2.44. The molecular weight excluding hydrogens is 228 g/mol. The molecule has 4 atom stereocenters. The van der Waals surface area contributed by atoms with Crippen molar-refractivity contribution in [2.24, 2.45) is 11.8 Å². The fourth-order valence-electron chi connectivity index (χ4n) is 3.31. The Balaban J connectivity index is 1.68. The fourth-order valence-corrected chi connectivity index (χ4v) is 3.31. The van der Waals surface area contributed by atoms with Crippen LogP contribution in [0.1, 0.15) is 39.5 Å². The predicted octanol–water partition coefficient (Wildman–Crippen LogP) is 1.36. The van der Waals surface area contributed by atoms with Gasteiger partial charge in [-0.05, 0) is 31.1 Å². The van der Waals surface area contributed by atoms with Gasteiger partial charge in [0.25, 0.3) is 0 Å². The molecule has 3 aliphatic rings. The van der Waals surface area contributed by atoms with Crippen LogP contribution in [0.3, 0.4) is 0 Å². The lowest BCUT2D eigenvalue weighted by molar-refractivity contribution is -0.133. The number of carbonyl (C=O) groups is 1. The summed E-state index contributed by atoms with van der Waals surface area (Å²) in [6.45, 7) is 5.84. The van der Waals surface area contributed by atoms with Crippen molar-refractivity contribution in [1.82, 2.24) is 10.2 Å². The van der Waals surface area contributed by atoms with Crippen molar-refractivity contribution in [3.05, 3.63) is 0 Å². The van der Waals surface area contributed by atoms with Gasteiger partial charge in [-0.15, -0.1) is 0 Å². The SMILES string of the molecule is CCC(C)C1NCN(C2CCOC2C2CC2)C1=O. The zero-order chi connectivity index (χ0) is 12.7. The monoisotopic (exact) mass is 252 g/mol. The zero-order valence-corrected chi connectivity index (χ0v) is 11.4. The highest BCUT2D eigenvalue weighted by Gasteiger charge is 2.47. The molecule has 1 saturated carbocycles. The minimum Gasteiger partial charge on any atom is -0.376 e. The molecule has 102 valence electrons. The maximum absolute atomic E-state index is 12.5. The van der Waals surface area contributed by atoms with Crippen LogP contribution in [0, 0.1) is 11.8 Å². The Labute approximate surface area is 109 Å². The molecule has 0 aromatic rings. The van der Waals surface area contributed by atoms with Crippen LogP contribution in [-0.4, -0.2) is 42.3 Å². The Morgan fingerprint density at radius 1 is 1.44 bits per heavy atom. The molecule has 18 heavy (non-hydrogen) atoms. The average molecular weight is 252 g/mol. The second-order valence-corrected chi connectivity index (χ2v) is 6.06. The van der Waals surface area contributed by atoms with Gasteiger partial charge in [0.2, 0.25) is 5.91 Å². The fraction of sp³-hybridized carbons (Fsp3) is 0.929. The summed E-state index contributed by atoms with van der Waals surface area (Å²) in [6.07, 6.45) is 4.94. The minimum atomic E-state index is 0.0236. The summed E-state index contributed by atoms with van der Waals surface area (Å²) in [6, 6.07) is 0.349. The Hall–Kier alpha value is -0.610. The Kier molecular flexibility index (Phi) is 3.32. The molecule has 1 aliphatic carbocycles. The van der Waals surface area contributed by atoms with Crippen LogP contribution in [0.25, 0.3) is 0 Å². The topological polar surface area (TPSA) is 41.6 Å². The van der Waals surface area contributed by atoms with E-state index in [4.69, 9.17) is 4.74 Å². The smallest absolute Gasteiger partial charge is 0.241 e. The first-order valence-corrected chi connectivity index (χ1v) is 7.37. The number of hydrogen-bond donors (Lipinski definition) is 1. The van der Waals surface area contributed by atoms with Crippen molar-refractivity contribution in [3.63, 3.8) is 0 Å². The third-order valence-corrected chi connectivity index (χ3v) is 4.83. The number of hydrogen-bond acceptors (Lipinski definition) is 3. The molecule has 0 bridgehead atoms. The summed E-state index contributed by atoms with van der Waals surface area (Å²) in [5, 5.41) is 3.38. The molecule has 0 aromatic carbocycles. The van der Waals surface area contributed by atoms with Crippen LogP contribution in [0.15, 0.2) is 0 Å². The van der Waals surface area contributed by atoms with Gasteiger partial charge < -0.3 is 9.64 Å². The van der Waals surface area contributed by atoms with Gasteiger partial charge in [-0.2, -0.15) is 0 Å². The quantitative estimate of drug-likeness (QED) is 0.821. The van der Waals surface area contributed by atoms with Crippen molar-refractivity contribution in [2.75, 3.05) is 13.3 Å². The van der Waals surface area contributed by atoms with Gasteiger partial charge in [0.1, 0.15) is 0 Å². The van der Waals surface area contributed by atoms with Crippen molar-refractivity contribution >= 4 is 5.91 Å². The molecule has 0 spiro atoms. The molecule has 1 N–H and O–H groups in total. The Morgan fingerprint density at radius 3 is 2.89 bits per heavy atom. The van der Waals surface area contributed by atoms with Crippen LogP contribution in [0.4, 0.5) is 0 Å². The molecule has 4 nitrogen and oxygen atoms in total. The van der Waals surface area contributed by atoms with Gasteiger partial charge in [0, 0.05) is 6.61 Å². The Bertz CT molecular complexity index is 330. The van der Waals surface area contributed by atoms with Crippen LogP contribution < -0.4 is 5.32 Å². The lowest BCUT2D eigenvalue weighted by atomic mass is 9.98. The average Bonchev–Trinajstić information content (AvgIpc) is 2.99. The summed E-state index contributed by atoms with van der Waals surface area (Å²) in [4.78, 5) is 14.5. The van der Waals surface area contributed by atoms with E-state index in [2.05, 4.69) is 19.2 Å². The van der Waals surface area contributed by atoms with Gasteiger partial charge in [0.15, 0.2) is 0 Å². The number of ether oxygens (including phenoxy) is 1. The second-order valence-electron chi connectivity index (χ2n) is 6.06. The predicted molar refractivity (Wildman–Crippen MR) is 69.0 cm³/mol. The third kappa shape index (κ3) is 2.05. The number of nitrogens with one attached hydrogen (secondary N) is 1. The summed E-state index contributed by atoms with van der Waals surface area (Å²) in [5.74, 6) is 1.43. The molecule has 3 rings (SSSR count). The van der Waals surface area contributed by atoms with E-state index in [1.807, 2.05) is 4.90 Å². The number of rotatable bonds is 4. The first kappa shape index (κ1) is 12.4. The molecule has 2 saturated heterocycles. The van der Waals surface area contributed by atoms with Crippen molar-refractivity contribution < 1.29 is 9.53 Å². The van der Waals surface area contributed by atoms with Gasteiger partial charge in [-0.1, -0.05) is 20.3 Å². The van der Waals surface area contributed by atoms with Crippen LogP contribution in [0.2, 0.25) is 0 Å². The summed E-state index contributed by atoms with van der Waals surface area (Å²) < 4.78 is 5.85. The third-order valence-electron chi connectivity index (χ3n) is 4.83. The van der Waals surface area contributed by atoms with E-state index in [0.29, 0.717) is 36.6 Å². The van der Waals surface area contributed by atoms with Crippen LogP contribution in [0.5, 0.6) is 0 Å². The van der Waals surface area contributed by atoms with E-state index in [0.717, 1.165) is 19.4 Å². The maximum Gasteiger partial charge on any atom is 0.241 e. The van der Waals surface area contributed by atoms with Gasteiger partial charge in [-0.3, -0.25) is 10.1 Å². The molecule has 2 heterocycles. The van der Waals surface area contributed by atoms with Gasteiger partial charge in [-0.25, -0.2) is 0 Å². The van der Waals surface area contributed by atoms with Crippen LogP contribution >= 0.6 is 0 Å². The van der Waals surface area contributed by atoms with Crippen LogP contribution in [-0.2, 0) is 9.53 Å². The van der Waals surface area contributed by atoms with E-state index in [-0.39, 0.29) is 6.04 Å². The normalized spacial score (nSPS) is 38.4. The molecule has 0 aromatic heterocycles. The van der Waals surface area contributed by atoms with E-state index in [1.54, 1.807) is 0 Å². The van der Waals surface area contributed by atoms with Crippen molar-refractivity contribution in [1.29, 1.82) is 0 Å². The highest BCUT2D eigenvalue weighted by Crippen LogP contribution is 2.40. The summed E-state index contributed by atoms with van der Waals surface area (Å²) in [7, 11) is 0. The minimum absolute atomic E-state index is 0.0236. The highest BCUT2D eigenvalue weighted by atomic mass is 16.5. The van der Waals surface area contributed by atoms with E-state index in [1.165, 1.54) is 12.8 Å². The standard InChI is InChI=1S/C14H24N2O2/c1-3-9(2)12-14(17)16(8-15-12)11-6-7-18-13(11)10-4-5-10/h9-13,15H,3-8H2,1-2H3. The molecular formula is C14H24N2O2. The lowest BCUT2D eigenvalue weighted by Gasteiger charge is -2.28. The number of carbonyl (C=O) groups excluding carboxylic acids is 1. The Morgan fingerprint density at radius 2 is 2.22 bits per heavy atom. The molecule has 3 fully saturated rings. The highest BCUT2D eigenvalue weighted by molar-refractivity contribution is 5.84. The first-order valence-electron chi connectivity index (χ1n) is 7.37. The summed E-state index contributed by atoms with van der Waals surface area (Å²) >= 11 is 0. The van der Waals surface area contributed by atoms with E-state index < -0.39 is 0 Å². The number of nitrogens with zero attached hydrogens (tertiary/aromatic N) is 1. The number of amides is 1. The molecule has 0 radical (unpaired) electrons.